The molecule has 156 valence electrons. The van der Waals surface area contributed by atoms with Gasteiger partial charge in [-0.15, -0.1) is 0 Å². The van der Waals surface area contributed by atoms with E-state index < -0.39 is 0 Å². The van der Waals surface area contributed by atoms with Crippen LogP contribution in [0.2, 0.25) is 0 Å². The lowest BCUT2D eigenvalue weighted by Gasteiger charge is -2.11. The molecule has 0 atom stereocenters. The summed E-state index contributed by atoms with van der Waals surface area (Å²) in [7, 11) is 1.52. The molecule has 7 heteroatoms. The van der Waals surface area contributed by atoms with Crippen LogP contribution in [-0.2, 0) is 0 Å². The van der Waals surface area contributed by atoms with E-state index in [1.165, 1.54) is 18.2 Å². The number of nitrogens with one attached hydrogen (secondary N) is 2. The Labute approximate surface area is 185 Å². The number of carbonyl (C=O) groups excluding carboxylic acids is 1. The fourth-order valence-corrected chi connectivity index (χ4v) is 3.38. The molecule has 0 aliphatic rings. The van der Waals surface area contributed by atoms with Gasteiger partial charge in [0, 0.05) is 11.3 Å². The second-order valence-electron chi connectivity index (χ2n) is 7.11. The van der Waals surface area contributed by atoms with Crippen molar-refractivity contribution >= 4 is 40.0 Å². The first-order valence-corrected chi connectivity index (χ1v) is 10.1. The van der Waals surface area contributed by atoms with E-state index >= 15 is 0 Å². The number of rotatable bonds is 4. The highest BCUT2D eigenvalue weighted by atomic mass is 32.1. The van der Waals surface area contributed by atoms with E-state index in [1.54, 1.807) is 24.3 Å². The predicted molar refractivity (Wildman–Crippen MR) is 126 cm³/mol. The monoisotopic (exact) mass is 431 g/mol. The van der Waals surface area contributed by atoms with Crippen LogP contribution in [0.25, 0.3) is 22.6 Å². The number of thiocarbonyl (C=S) groups is 1. The molecular weight excluding hydrogens is 410 g/mol. The standard InChI is InChI=1S/C24H21N3O3S/c1-14-8-9-16(12-15(14)2)23-26-19-13-17(10-11-21(19)30-23)25-24(31)27-22(28)18-6-4-5-7-20(18)29-3/h4-13H,1-3H3,(H2,25,27,28,31). The molecule has 0 aliphatic heterocycles. The highest BCUT2D eigenvalue weighted by Crippen LogP contribution is 2.27. The number of aryl methyl sites for hydroxylation is 2. The van der Waals surface area contributed by atoms with Crippen LogP contribution < -0.4 is 15.4 Å². The molecule has 6 nitrogen and oxygen atoms in total. The number of oxazole rings is 1. The topological polar surface area (TPSA) is 76.4 Å². The largest absolute Gasteiger partial charge is 0.496 e. The second kappa shape index (κ2) is 8.57. The third-order valence-corrected chi connectivity index (χ3v) is 5.18. The van der Waals surface area contributed by atoms with Crippen molar-refractivity contribution in [3.8, 4) is 17.2 Å². The molecule has 31 heavy (non-hydrogen) atoms. The molecule has 1 heterocycles. The zero-order chi connectivity index (χ0) is 22.0. The summed E-state index contributed by atoms with van der Waals surface area (Å²) in [6, 6.07) is 18.5. The summed E-state index contributed by atoms with van der Waals surface area (Å²) in [6.45, 7) is 4.13. The third kappa shape index (κ3) is 4.41. The number of amides is 1. The van der Waals surface area contributed by atoms with Crippen LogP contribution in [0.4, 0.5) is 5.69 Å². The van der Waals surface area contributed by atoms with Gasteiger partial charge in [0.2, 0.25) is 5.89 Å². The van der Waals surface area contributed by atoms with Crippen molar-refractivity contribution in [1.29, 1.82) is 0 Å². The summed E-state index contributed by atoms with van der Waals surface area (Å²) in [5.74, 6) is 0.683. The molecule has 0 unspecified atom stereocenters. The van der Waals surface area contributed by atoms with Gasteiger partial charge >= 0.3 is 0 Å². The Kier molecular flexibility index (Phi) is 5.68. The number of methoxy groups -OCH3 is 1. The minimum atomic E-state index is -0.352. The fourth-order valence-electron chi connectivity index (χ4n) is 3.17. The zero-order valence-electron chi connectivity index (χ0n) is 17.4. The van der Waals surface area contributed by atoms with E-state index in [0.29, 0.717) is 34.0 Å². The summed E-state index contributed by atoms with van der Waals surface area (Å²) < 4.78 is 11.1. The molecule has 2 N–H and O–H groups in total. The van der Waals surface area contributed by atoms with Crippen LogP contribution in [0, 0.1) is 13.8 Å². The molecule has 0 radical (unpaired) electrons. The highest BCUT2D eigenvalue weighted by molar-refractivity contribution is 7.80. The number of benzene rings is 3. The quantitative estimate of drug-likeness (QED) is 0.430. The van der Waals surface area contributed by atoms with Gasteiger partial charge in [-0.2, -0.15) is 0 Å². The number of para-hydroxylation sites is 1. The minimum Gasteiger partial charge on any atom is -0.496 e. The van der Waals surface area contributed by atoms with Crippen LogP contribution in [0.3, 0.4) is 0 Å². The zero-order valence-corrected chi connectivity index (χ0v) is 18.2. The lowest BCUT2D eigenvalue weighted by Crippen LogP contribution is -2.34. The number of anilines is 1. The first kappa shape index (κ1) is 20.6. The summed E-state index contributed by atoms with van der Waals surface area (Å²) in [4.78, 5) is 17.1. The fraction of sp³-hybridized carbons (Fsp3) is 0.125. The predicted octanol–water partition coefficient (Wildman–Crippen LogP) is 5.25. The van der Waals surface area contributed by atoms with Gasteiger partial charge in [-0.1, -0.05) is 18.2 Å². The van der Waals surface area contributed by atoms with Gasteiger partial charge in [0.25, 0.3) is 5.91 Å². The Morgan fingerprint density at radius 3 is 2.61 bits per heavy atom. The normalized spacial score (nSPS) is 10.7. The lowest BCUT2D eigenvalue weighted by molar-refractivity contribution is 0.0975. The molecule has 4 rings (SSSR count). The molecule has 0 saturated carbocycles. The Balaban J connectivity index is 1.50. The highest BCUT2D eigenvalue weighted by Gasteiger charge is 2.14. The Hall–Kier alpha value is -3.71. The molecule has 4 aromatic rings. The molecule has 0 fully saturated rings. The number of nitrogens with zero attached hydrogens (tertiary/aromatic N) is 1. The smallest absolute Gasteiger partial charge is 0.261 e. The van der Waals surface area contributed by atoms with Crippen molar-refractivity contribution in [2.75, 3.05) is 12.4 Å². The van der Waals surface area contributed by atoms with Crippen molar-refractivity contribution in [2.24, 2.45) is 0 Å². The summed E-state index contributed by atoms with van der Waals surface area (Å²) >= 11 is 5.30. The number of carbonyl (C=O) groups is 1. The van der Waals surface area contributed by atoms with Gasteiger partial charge < -0.3 is 14.5 Å². The maximum Gasteiger partial charge on any atom is 0.261 e. The van der Waals surface area contributed by atoms with E-state index in [-0.39, 0.29) is 11.0 Å². The molecule has 3 aromatic carbocycles. The minimum absolute atomic E-state index is 0.174. The second-order valence-corrected chi connectivity index (χ2v) is 7.52. The van der Waals surface area contributed by atoms with Crippen molar-refractivity contribution in [2.45, 2.75) is 13.8 Å². The average molecular weight is 432 g/mol. The molecule has 0 saturated heterocycles. The van der Waals surface area contributed by atoms with Gasteiger partial charge in [-0.3, -0.25) is 10.1 Å². The molecule has 1 amide bonds. The van der Waals surface area contributed by atoms with E-state index in [4.69, 9.17) is 21.4 Å². The molecule has 0 spiro atoms. The lowest BCUT2D eigenvalue weighted by atomic mass is 10.1. The molecular formula is C24H21N3O3S. The first-order valence-electron chi connectivity index (χ1n) is 9.68. The molecule has 0 aliphatic carbocycles. The van der Waals surface area contributed by atoms with Crippen LogP contribution in [0.1, 0.15) is 21.5 Å². The molecule has 1 aromatic heterocycles. The summed E-state index contributed by atoms with van der Waals surface area (Å²) in [5, 5.41) is 5.86. The number of hydrogen-bond donors (Lipinski definition) is 2. The van der Waals surface area contributed by atoms with Crippen LogP contribution in [0.5, 0.6) is 5.75 Å². The molecule has 0 bridgehead atoms. The number of ether oxygens (including phenoxy) is 1. The van der Waals surface area contributed by atoms with E-state index in [2.05, 4.69) is 41.6 Å². The van der Waals surface area contributed by atoms with Gasteiger partial charge in [0.05, 0.1) is 12.7 Å². The van der Waals surface area contributed by atoms with Crippen LogP contribution >= 0.6 is 12.2 Å². The van der Waals surface area contributed by atoms with Gasteiger partial charge in [-0.25, -0.2) is 4.98 Å². The first-order chi connectivity index (χ1) is 14.9. The van der Waals surface area contributed by atoms with E-state index in [1.807, 2.05) is 24.3 Å². The van der Waals surface area contributed by atoms with E-state index in [0.717, 1.165) is 5.56 Å². The maximum absolute atomic E-state index is 12.5. The number of hydrogen-bond acceptors (Lipinski definition) is 5. The van der Waals surface area contributed by atoms with Crippen molar-refractivity contribution in [3.05, 3.63) is 77.4 Å². The SMILES string of the molecule is COc1ccccc1C(=O)NC(=S)Nc1ccc2oc(-c3ccc(C)c(C)c3)nc2c1. The van der Waals surface area contributed by atoms with Crippen molar-refractivity contribution < 1.29 is 13.9 Å². The average Bonchev–Trinajstić information content (AvgIpc) is 3.19. The van der Waals surface area contributed by atoms with E-state index in [9.17, 15) is 4.79 Å². The Bertz CT molecular complexity index is 1300. The Morgan fingerprint density at radius 2 is 1.84 bits per heavy atom. The van der Waals surface area contributed by atoms with Gasteiger partial charge in [0.15, 0.2) is 10.7 Å². The van der Waals surface area contributed by atoms with Crippen molar-refractivity contribution in [3.63, 3.8) is 0 Å². The van der Waals surface area contributed by atoms with Crippen molar-refractivity contribution in [1.82, 2.24) is 10.3 Å². The maximum atomic E-state index is 12.5. The van der Waals surface area contributed by atoms with Gasteiger partial charge in [0.1, 0.15) is 11.3 Å². The number of fused-ring (bicyclic) bond motifs is 1. The summed E-state index contributed by atoms with van der Waals surface area (Å²) in [5.41, 5.74) is 5.78. The van der Waals surface area contributed by atoms with Crippen LogP contribution in [-0.4, -0.2) is 23.1 Å². The van der Waals surface area contributed by atoms with Gasteiger partial charge in [-0.05, 0) is 79.7 Å². The Morgan fingerprint density at radius 1 is 1.03 bits per heavy atom. The number of aromatic nitrogens is 1. The summed E-state index contributed by atoms with van der Waals surface area (Å²) in [6.07, 6.45) is 0. The van der Waals surface area contributed by atoms with Crippen LogP contribution in [0.15, 0.2) is 65.1 Å². The third-order valence-electron chi connectivity index (χ3n) is 4.98.